The van der Waals surface area contributed by atoms with Gasteiger partial charge in [-0.3, -0.25) is 4.99 Å². The number of guanidine groups is 1. The molecular formula is C15H26IN3S2. The van der Waals surface area contributed by atoms with Gasteiger partial charge in [0.05, 0.1) is 0 Å². The fraction of sp³-hybridized carbons (Fsp3) is 0.667. The smallest absolute Gasteiger partial charge is 0.193 e. The first-order valence-electron chi connectivity index (χ1n) is 7.15. The SMILES string of the molecule is CN=C(NCC(C)c1cccs1)N1CCSC(C)(C)C1.I. The lowest BCUT2D eigenvalue weighted by atomic mass is 10.1. The molecule has 0 spiro atoms. The Hall–Kier alpha value is 0.0500. The Bertz CT molecular complexity index is 446. The van der Waals surface area contributed by atoms with Crippen LogP contribution in [-0.2, 0) is 0 Å². The molecule has 21 heavy (non-hydrogen) atoms. The van der Waals surface area contributed by atoms with Crippen LogP contribution >= 0.6 is 47.1 Å². The van der Waals surface area contributed by atoms with Crippen LogP contribution in [0.5, 0.6) is 0 Å². The number of hydrogen-bond donors (Lipinski definition) is 1. The summed E-state index contributed by atoms with van der Waals surface area (Å²) >= 11 is 3.88. The molecule has 1 N–H and O–H groups in total. The Balaban J connectivity index is 0.00000220. The molecule has 1 aliphatic heterocycles. The summed E-state index contributed by atoms with van der Waals surface area (Å²) < 4.78 is 0.315. The lowest BCUT2D eigenvalue weighted by molar-refractivity contribution is 0.375. The molecular weight excluding hydrogens is 413 g/mol. The lowest BCUT2D eigenvalue weighted by Gasteiger charge is -2.39. The monoisotopic (exact) mass is 439 g/mol. The highest BCUT2D eigenvalue weighted by Gasteiger charge is 2.28. The zero-order valence-corrected chi connectivity index (χ0v) is 17.2. The van der Waals surface area contributed by atoms with Gasteiger partial charge in [-0.25, -0.2) is 0 Å². The molecule has 1 atom stereocenters. The Kier molecular flexibility index (Phi) is 7.84. The minimum atomic E-state index is 0. The first kappa shape index (κ1) is 19.1. The molecule has 1 aromatic heterocycles. The molecule has 1 fully saturated rings. The van der Waals surface area contributed by atoms with Crippen LogP contribution < -0.4 is 5.32 Å². The van der Waals surface area contributed by atoms with E-state index in [0.717, 1.165) is 25.6 Å². The fourth-order valence-electron chi connectivity index (χ4n) is 2.45. The minimum absolute atomic E-state index is 0. The number of nitrogens with one attached hydrogen (secondary N) is 1. The Morgan fingerprint density at radius 2 is 2.29 bits per heavy atom. The van der Waals surface area contributed by atoms with Gasteiger partial charge in [-0.2, -0.15) is 11.8 Å². The molecule has 0 bridgehead atoms. The standard InChI is InChI=1S/C15H25N3S2.HI/c1-12(13-6-5-8-19-13)10-17-14(16-4)18-7-9-20-15(2,3)11-18;/h5-6,8,12H,7,9-11H2,1-4H3,(H,16,17);1H. The summed E-state index contributed by atoms with van der Waals surface area (Å²) in [6.45, 7) is 9.97. The number of hydrogen-bond acceptors (Lipinski definition) is 3. The van der Waals surface area contributed by atoms with E-state index in [1.54, 1.807) is 0 Å². The van der Waals surface area contributed by atoms with E-state index in [1.165, 1.54) is 10.6 Å². The van der Waals surface area contributed by atoms with Crippen molar-refractivity contribution in [3.05, 3.63) is 22.4 Å². The number of nitrogens with zero attached hydrogens (tertiary/aromatic N) is 2. The van der Waals surface area contributed by atoms with Crippen LogP contribution in [-0.4, -0.2) is 48.0 Å². The molecule has 1 aliphatic rings. The van der Waals surface area contributed by atoms with Gasteiger partial charge in [0.1, 0.15) is 0 Å². The summed E-state index contributed by atoms with van der Waals surface area (Å²) in [5.41, 5.74) is 0. The summed E-state index contributed by atoms with van der Waals surface area (Å²) in [6, 6.07) is 4.33. The molecule has 1 saturated heterocycles. The average molecular weight is 439 g/mol. The number of thioether (sulfide) groups is 1. The third-order valence-electron chi connectivity index (χ3n) is 3.53. The Morgan fingerprint density at radius 3 is 2.86 bits per heavy atom. The quantitative estimate of drug-likeness (QED) is 0.440. The average Bonchev–Trinajstić information content (AvgIpc) is 2.92. The topological polar surface area (TPSA) is 27.6 Å². The van der Waals surface area contributed by atoms with Gasteiger partial charge >= 0.3 is 0 Å². The van der Waals surface area contributed by atoms with Crippen molar-refractivity contribution in [1.82, 2.24) is 10.2 Å². The highest BCUT2D eigenvalue weighted by atomic mass is 127. The van der Waals surface area contributed by atoms with Crippen molar-refractivity contribution in [2.24, 2.45) is 4.99 Å². The van der Waals surface area contributed by atoms with Crippen LogP contribution in [0.1, 0.15) is 31.6 Å². The molecule has 2 rings (SSSR count). The second-order valence-electron chi connectivity index (χ2n) is 5.87. The summed E-state index contributed by atoms with van der Waals surface area (Å²) in [7, 11) is 1.88. The van der Waals surface area contributed by atoms with E-state index < -0.39 is 0 Å². The van der Waals surface area contributed by atoms with Crippen molar-refractivity contribution in [3.8, 4) is 0 Å². The maximum Gasteiger partial charge on any atom is 0.193 e. The molecule has 0 aliphatic carbocycles. The summed E-state index contributed by atoms with van der Waals surface area (Å²) in [5, 5.41) is 5.68. The molecule has 1 unspecified atom stereocenters. The summed E-state index contributed by atoms with van der Waals surface area (Å²) in [6.07, 6.45) is 0. The molecule has 120 valence electrons. The van der Waals surface area contributed by atoms with Crippen molar-refractivity contribution < 1.29 is 0 Å². The van der Waals surface area contributed by atoms with Crippen molar-refractivity contribution in [1.29, 1.82) is 0 Å². The maximum absolute atomic E-state index is 4.46. The van der Waals surface area contributed by atoms with E-state index in [0.29, 0.717) is 10.7 Å². The number of rotatable bonds is 3. The molecule has 0 amide bonds. The zero-order chi connectivity index (χ0) is 14.6. The van der Waals surface area contributed by atoms with Gasteiger partial charge in [-0.1, -0.05) is 13.0 Å². The molecule has 0 radical (unpaired) electrons. The van der Waals surface area contributed by atoms with Gasteiger partial charge in [-0.15, -0.1) is 35.3 Å². The van der Waals surface area contributed by atoms with E-state index in [-0.39, 0.29) is 24.0 Å². The van der Waals surface area contributed by atoms with Crippen LogP contribution in [0.3, 0.4) is 0 Å². The highest BCUT2D eigenvalue weighted by molar-refractivity contribution is 14.0. The maximum atomic E-state index is 4.46. The van der Waals surface area contributed by atoms with Gasteiger partial charge in [0.25, 0.3) is 0 Å². The van der Waals surface area contributed by atoms with Crippen LogP contribution in [0.4, 0.5) is 0 Å². The van der Waals surface area contributed by atoms with E-state index >= 15 is 0 Å². The third kappa shape index (κ3) is 5.63. The van der Waals surface area contributed by atoms with Crippen molar-refractivity contribution in [2.45, 2.75) is 31.4 Å². The molecule has 6 heteroatoms. The van der Waals surface area contributed by atoms with Crippen molar-refractivity contribution in [3.63, 3.8) is 0 Å². The predicted octanol–water partition coefficient (Wildman–Crippen LogP) is 3.87. The zero-order valence-electron chi connectivity index (χ0n) is 13.3. The van der Waals surface area contributed by atoms with Gasteiger partial charge < -0.3 is 10.2 Å². The number of aliphatic imine (C=N–C) groups is 1. The normalized spacial score (nSPS) is 19.8. The van der Waals surface area contributed by atoms with Crippen LogP contribution in [0.25, 0.3) is 0 Å². The highest BCUT2D eigenvalue weighted by Crippen LogP contribution is 2.29. The second kappa shape index (κ2) is 8.62. The van der Waals surface area contributed by atoms with Crippen molar-refractivity contribution >= 4 is 53.0 Å². The first-order chi connectivity index (χ1) is 9.52. The molecule has 3 nitrogen and oxygen atoms in total. The fourth-order valence-corrected chi connectivity index (χ4v) is 4.34. The Morgan fingerprint density at radius 1 is 1.52 bits per heavy atom. The van der Waals surface area contributed by atoms with E-state index in [2.05, 4.69) is 65.3 Å². The number of halogens is 1. The van der Waals surface area contributed by atoms with E-state index in [4.69, 9.17) is 0 Å². The summed E-state index contributed by atoms with van der Waals surface area (Å²) in [5.74, 6) is 2.74. The van der Waals surface area contributed by atoms with Crippen LogP contribution in [0.15, 0.2) is 22.5 Å². The third-order valence-corrected chi connectivity index (χ3v) is 5.93. The predicted molar refractivity (Wildman–Crippen MR) is 108 cm³/mol. The lowest BCUT2D eigenvalue weighted by Crippen LogP contribution is -2.51. The largest absolute Gasteiger partial charge is 0.356 e. The van der Waals surface area contributed by atoms with Gasteiger partial charge in [-0.05, 0) is 25.3 Å². The van der Waals surface area contributed by atoms with Crippen LogP contribution in [0.2, 0.25) is 0 Å². The van der Waals surface area contributed by atoms with E-state index in [1.807, 2.05) is 18.4 Å². The second-order valence-corrected chi connectivity index (χ2v) is 8.66. The van der Waals surface area contributed by atoms with Crippen molar-refractivity contribution in [2.75, 3.05) is 32.4 Å². The summed E-state index contributed by atoms with van der Waals surface area (Å²) in [4.78, 5) is 8.28. The molecule has 0 saturated carbocycles. The minimum Gasteiger partial charge on any atom is -0.356 e. The molecule has 0 aromatic carbocycles. The molecule has 2 heterocycles. The first-order valence-corrected chi connectivity index (χ1v) is 9.01. The van der Waals surface area contributed by atoms with Crippen LogP contribution in [0, 0.1) is 0 Å². The molecule has 1 aromatic rings. The van der Waals surface area contributed by atoms with E-state index in [9.17, 15) is 0 Å². The Labute approximate surface area is 154 Å². The van der Waals surface area contributed by atoms with Gasteiger partial charge in [0, 0.05) is 48.0 Å². The van der Waals surface area contributed by atoms with Gasteiger partial charge in [0.2, 0.25) is 0 Å². The van der Waals surface area contributed by atoms with Gasteiger partial charge in [0.15, 0.2) is 5.96 Å². The number of thiophene rings is 1.